The fraction of sp³-hybridized carbons (Fsp3) is 0.750. The fourth-order valence-electron chi connectivity index (χ4n) is 1.67. The lowest BCUT2D eigenvalue weighted by molar-refractivity contribution is -0.181. The minimum absolute atomic E-state index is 0.305. The molecule has 0 bridgehead atoms. The number of rotatable bonds is 5. The summed E-state index contributed by atoms with van der Waals surface area (Å²) in [6.07, 6.45) is -0.138. The van der Waals surface area contributed by atoms with E-state index in [0.29, 0.717) is 19.4 Å². The van der Waals surface area contributed by atoms with Crippen molar-refractivity contribution in [2.24, 2.45) is 5.92 Å². The smallest absolute Gasteiger partial charge is 0.347 e. The van der Waals surface area contributed by atoms with E-state index in [0.717, 1.165) is 0 Å². The predicted octanol–water partition coefficient (Wildman–Crippen LogP) is 0.823. The van der Waals surface area contributed by atoms with Crippen molar-refractivity contribution in [3.63, 3.8) is 0 Å². The lowest BCUT2D eigenvalue weighted by Crippen LogP contribution is -2.43. The van der Waals surface area contributed by atoms with Gasteiger partial charge in [-0.2, -0.15) is 0 Å². The summed E-state index contributed by atoms with van der Waals surface area (Å²) in [4.78, 5) is 33.7. The van der Waals surface area contributed by atoms with Crippen molar-refractivity contribution in [2.75, 3.05) is 6.61 Å². The van der Waals surface area contributed by atoms with Crippen LogP contribution >= 0.6 is 0 Å². The Morgan fingerprint density at radius 1 is 1.28 bits per heavy atom. The number of esters is 3. The highest BCUT2D eigenvalue weighted by Crippen LogP contribution is 2.31. The maximum Gasteiger partial charge on any atom is 0.347 e. The molecule has 0 radical (unpaired) electrons. The van der Waals surface area contributed by atoms with Crippen LogP contribution in [-0.4, -0.2) is 36.7 Å². The van der Waals surface area contributed by atoms with Crippen LogP contribution < -0.4 is 0 Å². The van der Waals surface area contributed by atoms with Crippen LogP contribution in [0, 0.1) is 5.92 Å². The van der Waals surface area contributed by atoms with E-state index in [1.165, 1.54) is 13.8 Å². The van der Waals surface area contributed by atoms with E-state index in [-0.39, 0.29) is 5.97 Å². The molecule has 1 aliphatic rings. The van der Waals surface area contributed by atoms with Crippen LogP contribution in [0.3, 0.4) is 0 Å². The van der Waals surface area contributed by atoms with Crippen molar-refractivity contribution in [3.05, 3.63) is 0 Å². The Morgan fingerprint density at radius 2 is 1.94 bits per heavy atom. The molecule has 1 saturated carbocycles. The molecule has 3 atom stereocenters. The zero-order chi connectivity index (χ0) is 13.7. The molecule has 18 heavy (non-hydrogen) atoms. The maximum absolute atomic E-state index is 11.6. The van der Waals surface area contributed by atoms with Crippen LogP contribution in [0.15, 0.2) is 0 Å². The summed E-state index contributed by atoms with van der Waals surface area (Å²) < 4.78 is 14.7. The van der Waals surface area contributed by atoms with Gasteiger partial charge in [-0.3, -0.25) is 9.59 Å². The van der Waals surface area contributed by atoms with Crippen molar-refractivity contribution in [1.29, 1.82) is 0 Å². The standard InChI is InChI=1S/C12H18O6/c1-4-16-12(15)9-5-6-10(9)18-11(14)7(2)17-8(3)13/h7,9-10H,4-6H2,1-3H3/t7-,9-,10+/m0/s1. The Balaban J connectivity index is 2.41. The largest absolute Gasteiger partial charge is 0.466 e. The molecule has 102 valence electrons. The van der Waals surface area contributed by atoms with Crippen LogP contribution in [0.2, 0.25) is 0 Å². The maximum atomic E-state index is 11.6. The van der Waals surface area contributed by atoms with Gasteiger partial charge in [-0.05, 0) is 26.7 Å². The molecular weight excluding hydrogens is 240 g/mol. The number of carbonyl (C=O) groups excluding carboxylic acids is 3. The van der Waals surface area contributed by atoms with E-state index in [9.17, 15) is 14.4 Å². The number of hydrogen-bond acceptors (Lipinski definition) is 6. The zero-order valence-corrected chi connectivity index (χ0v) is 10.8. The second kappa shape index (κ2) is 6.37. The number of ether oxygens (including phenoxy) is 3. The molecule has 0 spiro atoms. The third-order valence-electron chi connectivity index (χ3n) is 2.74. The van der Waals surface area contributed by atoms with Gasteiger partial charge in [0.25, 0.3) is 0 Å². The van der Waals surface area contributed by atoms with Gasteiger partial charge < -0.3 is 14.2 Å². The Morgan fingerprint density at radius 3 is 2.39 bits per heavy atom. The quantitative estimate of drug-likeness (QED) is 0.536. The van der Waals surface area contributed by atoms with Crippen molar-refractivity contribution in [2.45, 2.75) is 45.8 Å². The first-order valence-corrected chi connectivity index (χ1v) is 6.00. The topological polar surface area (TPSA) is 78.9 Å². The molecule has 6 heteroatoms. The van der Waals surface area contributed by atoms with E-state index in [1.807, 2.05) is 0 Å². The zero-order valence-electron chi connectivity index (χ0n) is 10.8. The van der Waals surface area contributed by atoms with Gasteiger partial charge in [0.05, 0.1) is 12.5 Å². The van der Waals surface area contributed by atoms with E-state index in [4.69, 9.17) is 14.2 Å². The molecule has 6 nitrogen and oxygen atoms in total. The van der Waals surface area contributed by atoms with Crippen molar-refractivity contribution >= 4 is 17.9 Å². The Labute approximate surface area is 106 Å². The predicted molar refractivity (Wildman–Crippen MR) is 60.5 cm³/mol. The molecule has 0 heterocycles. The van der Waals surface area contributed by atoms with Gasteiger partial charge in [0, 0.05) is 6.92 Å². The average Bonchev–Trinajstić information content (AvgIpc) is 2.23. The number of hydrogen-bond donors (Lipinski definition) is 0. The third kappa shape index (κ3) is 3.72. The molecular formula is C12H18O6. The molecule has 0 unspecified atom stereocenters. The van der Waals surface area contributed by atoms with E-state index < -0.39 is 30.1 Å². The van der Waals surface area contributed by atoms with Crippen molar-refractivity contribution in [1.82, 2.24) is 0 Å². The van der Waals surface area contributed by atoms with Gasteiger partial charge in [-0.15, -0.1) is 0 Å². The molecule has 1 aliphatic carbocycles. The lowest BCUT2D eigenvalue weighted by atomic mass is 9.82. The van der Waals surface area contributed by atoms with Crippen LogP contribution in [0.25, 0.3) is 0 Å². The highest BCUT2D eigenvalue weighted by Gasteiger charge is 2.41. The fourth-order valence-corrected chi connectivity index (χ4v) is 1.67. The first-order valence-electron chi connectivity index (χ1n) is 6.00. The third-order valence-corrected chi connectivity index (χ3v) is 2.74. The molecule has 0 saturated heterocycles. The summed E-state index contributed by atoms with van der Waals surface area (Å²) in [5, 5.41) is 0. The first-order chi connectivity index (χ1) is 8.45. The highest BCUT2D eigenvalue weighted by molar-refractivity contribution is 5.79. The molecule has 0 aliphatic heterocycles. The van der Waals surface area contributed by atoms with E-state index >= 15 is 0 Å². The molecule has 0 aromatic carbocycles. The molecule has 0 aromatic rings. The highest BCUT2D eigenvalue weighted by atomic mass is 16.6. The Bertz CT molecular complexity index is 337. The van der Waals surface area contributed by atoms with Gasteiger partial charge in [-0.25, -0.2) is 4.79 Å². The van der Waals surface area contributed by atoms with Gasteiger partial charge >= 0.3 is 17.9 Å². The molecule has 0 amide bonds. The Hall–Kier alpha value is -1.59. The summed E-state index contributed by atoms with van der Waals surface area (Å²) in [7, 11) is 0. The first kappa shape index (κ1) is 14.5. The van der Waals surface area contributed by atoms with Gasteiger partial charge in [0.1, 0.15) is 6.10 Å². The van der Waals surface area contributed by atoms with Crippen LogP contribution in [0.5, 0.6) is 0 Å². The average molecular weight is 258 g/mol. The van der Waals surface area contributed by atoms with E-state index in [1.54, 1.807) is 6.92 Å². The number of carbonyl (C=O) groups is 3. The van der Waals surface area contributed by atoms with Gasteiger partial charge in [0.2, 0.25) is 0 Å². The van der Waals surface area contributed by atoms with Crippen LogP contribution in [0.4, 0.5) is 0 Å². The molecule has 0 N–H and O–H groups in total. The minimum Gasteiger partial charge on any atom is -0.466 e. The SMILES string of the molecule is CCOC(=O)[C@H]1CC[C@H]1OC(=O)[C@H](C)OC(C)=O. The van der Waals surface area contributed by atoms with Gasteiger partial charge in [0.15, 0.2) is 6.10 Å². The summed E-state index contributed by atoms with van der Waals surface area (Å²) in [6.45, 7) is 4.68. The van der Waals surface area contributed by atoms with Crippen molar-refractivity contribution in [3.8, 4) is 0 Å². The summed E-state index contributed by atoms with van der Waals surface area (Å²) in [5.74, 6) is -1.92. The van der Waals surface area contributed by atoms with Gasteiger partial charge in [-0.1, -0.05) is 0 Å². The minimum atomic E-state index is -0.953. The van der Waals surface area contributed by atoms with Crippen molar-refractivity contribution < 1.29 is 28.6 Å². The summed E-state index contributed by atoms with van der Waals surface area (Å²) in [6, 6.07) is 0. The molecule has 1 fully saturated rings. The summed E-state index contributed by atoms with van der Waals surface area (Å²) >= 11 is 0. The van der Waals surface area contributed by atoms with Crippen LogP contribution in [-0.2, 0) is 28.6 Å². The normalized spacial score (nSPS) is 23.5. The van der Waals surface area contributed by atoms with Crippen LogP contribution in [0.1, 0.15) is 33.6 Å². The Kier molecular flexibility index (Phi) is 5.12. The second-order valence-corrected chi connectivity index (χ2v) is 4.16. The van der Waals surface area contributed by atoms with E-state index in [2.05, 4.69) is 0 Å². The lowest BCUT2D eigenvalue weighted by Gasteiger charge is -2.34. The molecule has 1 rings (SSSR count). The monoisotopic (exact) mass is 258 g/mol. The molecule has 0 aromatic heterocycles. The summed E-state index contributed by atoms with van der Waals surface area (Å²) in [5.41, 5.74) is 0. The second-order valence-electron chi connectivity index (χ2n) is 4.16.